The van der Waals surface area contributed by atoms with Crippen molar-refractivity contribution in [2.24, 2.45) is 0 Å². The third-order valence-corrected chi connectivity index (χ3v) is 8.73. The number of hydrogen-bond acceptors (Lipinski definition) is 6. The Labute approximate surface area is 232 Å². The quantitative estimate of drug-likeness (QED) is 0.353. The number of hydrogen-bond donors (Lipinski definition) is 1. The number of nitrogens with two attached hydrogens (primary N) is 1. The van der Waals surface area contributed by atoms with E-state index in [0.717, 1.165) is 68.5 Å². The van der Waals surface area contributed by atoms with Gasteiger partial charge in [-0.15, -0.1) is 0 Å². The Hall–Kier alpha value is -3.51. The van der Waals surface area contributed by atoms with Crippen molar-refractivity contribution in [3.63, 3.8) is 0 Å². The van der Waals surface area contributed by atoms with Gasteiger partial charge in [-0.3, -0.25) is 4.90 Å². The number of benzene rings is 2. The molecule has 1 aliphatic heterocycles. The third kappa shape index (κ3) is 4.87. The number of aromatic nitrogens is 3. The van der Waals surface area contributed by atoms with Crippen molar-refractivity contribution in [2.45, 2.75) is 37.8 Å². The summed E-state index contributed by atoms with van der Waals surface area (Å²) < 4.78 is 17.7. The molecule has 2 aromatic carbocycles. The normalized spacial score (nSPS) is 20.8. The van der Waals surface area contributed by atoms with Crippen LogP contribution in [-0.2, 0) is 0 Å². The number of anilines is 1. The fourth-order valence-corrected chi connectivity index (χ4v) is 6.48. The fraction of sp³-hybridized carbons (Fsp3) is 0.367. The number of nitrogen functional groups attached to an aromatic ring is 1. The minimum Gasteiger partial charge on any atom is -0.383 e. The summed E-state index contributed by atoms with van der Waals surface area (Å²) in [7, 11) is 2.19. The first kappa shape index (κ1) is 25.8. The van der Waals surface area contributed by atoms with Crippen molar-refractivity contribution in [1.29, 1.82) is 5.26 Å². The number of nitrogens with zero attached hydrogens (tertiary/aromatic N) is 6. The largest absolute Gasteiger partial charge is 0.383 e. The standard InChI is InChI=1S/C30H31ClFN7/c1-37-10-12-38(13-11-37)21-4-6-22(7-5-21)39-17-25(28-29(34)35-18-36-30(28)39)20-3-9-24(27(32)15-20)23-8-2-19(16-33)14-26(23)31/h2-3,8-9,14-15,17-18,21-22H,4-7,10-13H2,1H3,(H2,34,35,36). The van der Waals surface area contributed by atoms with Crippen LogP contribution in [0, 0.1) is 17.1 Å². The van der Waals surface area contributed by atoms with E-state index in [9.17, 15) is 0 Å². The van der Waals surface area contributed by atoms with E-state index in [2.05, 4.69) is 43.6 Å². The van der Waals surface area contributed by atoms with Gasteiger partial charge < -0.3 is 15.2 Å². The molecule has 0 bridgehead atoms. The Kier molecular flexibility index (Phi) is 6.98. The number of nitriles is 1. The summed E-state index contributed by atoms with van der Waals surface area (Å²) in [6, 6.07) is 13.0. The van der Waals surface area contributed by atoms with Gasteiger partial charge in [-0.1, -0.05) is 29.8 Å². The molecule has 0 amide bonds. The maximum absolute atomic E-state index is 15.5. The fourth-order valence-electron chi connectivity index (χ4n) is 6.20. The van der Waals surface area contributed by atoms with E-state index < -0.39 is 5.82 Å². The SMILES string of the molecule is CN1CCN(C2CCC(n3cc(-c4ccc(-c5ccc(C#N)cc5Cl)c(F)c4)c4c(N)ncnc43)CC2)CC1. The first-order valence-electron chi connectivity index (χ1n) is 13.5. The van der Waals surface area contributed by atoms with Crippen LogP contribution in [0.3, 0.4) is 0 Å². The second-order valence-electron chi connectivity index (χ2n) is 10.7. The van der Waals surface area contributed by atoms with Gasteiger partial charge in [0.15, 0.2) is 0 Å². The highest BCUT2D eigenvalue weighted by Gasteiger charge is 2.30. The van der Waals surface area contributed by atoms with Gasteiger partial charge >= 0.3 is 0 Å². The summed E-state index contributed by atoms with van der Waals surface area (Å²) in [5, 5.41) is 10.2. The van der Waals surface area contributed by atoms with Crippen molar-refractivity contribution in [2.75, 3.05) is 39.0 Å². The summed E-state index contributed by atoms with van der Waals surface area (Å²) in [5.74, 6) is -0.0115. The molecule has 9 heteroatoms. The molecule has 6 rings (SSSR count). The molecule has 2 fully saturated rings. The third-order valence-electron chi connectivity index (χ3n) is 8.42. The molecule has 7 nitrogen and oxygen atoms in total. The second-order valence-corrected chi connectivity index (χ2v) is 11.1. The highest BCUT2D eigenvalue weighted by Crippen LogP contribution is 2.40. The van der Waals surface area contributed by atoms with E-state index in [4.69, 9.17) is 22.6 Å². The molecular formula is C30H31ClFN7. The summed E-state index contributed by atoms with van der Waals surface area (Å²) in [6.07, 6.45) is 8.00. The lowest BCUT2D eigenvalue weighted by Gasteiger charge is -2.41. The molecule has 0 unspecified atom stereocenters. The van der Waals surface area contributed by atoms with E-state index in [-0.39, 0.29) is 0 Å². The zero-order chi connectivity index (χ0) is 27.1. The van der Waals surface area contributed by atoms with E-state index in [1.807, 2.05) is 6.07 Å². The first-order valence-corrected chi connectivity index (χ1v) is 13.8. The van der Waals surface area contributed by atoms with E-state index in [0.29, 0.717) is 45.2 Å². The lowest BCUT2D eigenvalue weighted by Crippen LogP contribution is -2.49. The lowest BCUT2D eigenvalue weighted by molar-refractivity contribution is 0.0828. The Morgan fingerprint density at radius 1 is 0.949 bits per heavy atom. The molecule has 0 atom stereocenters. The minimum atomic E-state index is -0.400. The van der Waals surface area contributed by atoms with Gasteiger partial charge in [0, 0.05) is 66.2 Å². The smallest absolute Gasteiger partial charge is 0.146 e. The molecule has 2 aliphatic rings. The van der Waals surface area contributed by atoms with Crippen LogP contribution in [0.25, 0.3) is 33.3 Å². The summed E-state index contributed by atoms with van der Waals surface area (Å²) in [6.45, 7) is 4.55. The van der Waals surface area contributed by atoms with Gasteiger partial charge in [-0.25, -0.2) is 14.4 Å². The number of piperazine rings is 1. The van der Waals surface area contributed by atoms with Gasteiger partial charge in [0.05, 0.1) is 17.0 Å². The van der Waals surface area contributed by atoms with Gasteiger partial charge in [0.2, 0.25) is 0 Å². The van der Waals surface area contributed by atoms with Crippen molar-refractivity contribution < 1.29 is 4.39 Å². The maximum atomic E-state index is 15.5. The average molecular weight is 544 g/mol. The summed E-state index contributed by atoms with van der Waals surface area (Å²) >= 11 is 6.37. The van der Waals surface area contributed by atoms with Crippen LogP contribution in [0.15, 0.2) is 48.9 Å². The van der Waals surface area contributed by atoms with Crippen LogP contribution in [0.2, 0.25) is 5.02 Å². The van der Waals surface area contributed by atoms with E-state index in [1.165, 1.54) is 12.4 Å². The Morgan fingerprint density at radius 2 is 1.67 bits per heavy atom. The van der Waals surface area contributed by atoms with Crippen LogP contribution >= 0.6 is 11.6 Å². The van der Waals surface area contributed by atoms with E-state index >= 15 is 4.39 Å². The van der Waals surface area contributed by atoms with Gasteiger partial charge in [0.1, 0.15) is 23.6 Å². The van der Waals surface area contributed by atoms with E-state index in [1.54, 1.807) is 24.3 Å². The maximum Gasteiger partial charge on any atom is 0.146 e. The molecule has 3 heterocycles. The minimum absolute atomic E-state index is 0.306. The lowest BCUT2D eigenvalue weighted by atomic mass is 9.89. The van der Waals surface area contributed by atoms with Crippen LogP contribution < -0.4 is 5.73 Å². The predicted molar refractivity (Wildman–Crippen MR) is 153 cm³/mol. The van der Waals surface area contributed by atoms with Gasteiger partial charge in [-0.05, 0) is 56.5 Å². The topological polar surface area (TPSA) is 87.0 Å². The van der Waals surface area contributed by atoms with Crippen LogP contribution in [0.5, 0.6) is 0 Å². The van der Waals surface area contributed by atoms with Gasteiger partial charge in [0.25, 0.3) is 0 Å². The first-order chi connectivity index (χ1) is 18.9. The average Bonchev–Trinajstić information content (AvgIpc) is 3.35. The van der Waals surface area contributed by atoms with Gasteiger partial charge in [-0.2, -0.15) is 5.26 Å². The number of likely N-dealkylation sites (N-methyl/N-ethyl adjacent to an activating group) is 1. The molecule has 1 saturated carbocycles. The Bertz CT molecular complexity index is 1560. The van der Waals surface area contributed by atoms with Crippen LogP contribution in [0.4, 0.5) is 10.2 Å². The van der Waals surface area contributed by atoms with Crippen molar-refractivity contribution in [1.82, 2.24) is 24.3 Å². The molecule has 0 spiro atoms. The molecule has 0 radical (unpaired) electrons. The van der Waals surface area contributed by atoms with Crippen LogP contribution in [0.1, 0.15) is 37.3 Å². The zero-order valence-electron chi connectivity index (χ0n) is 21.9. The number of rotatable bonds is 4. The number of halogens is 2. The molecule has 4 aromatic rings. The summed E-state index contributed by atoms with van der Waals surface area (Å²) in [4.78, 5) is 13.9. The molecule has 2 aromatic heterocycles. The predicted octanol–water partition coefficient (Wildman–Crippen LogP) is 5.74. The molecule has 1 aliphatic carbocycles. The van der Waals surface area contributed by atoms with Crippen molar-refractivity contribution in [3.05, 3.63) is 65.3 Å². The Balaban J connectivity index is 1.30. The van der Waals surface area contributed by atoms with Crippen molar-refractivity contribution >= 4 is 28.5 Å². The molecule has 39 heavy (non-hydrogen) atoms. The Morgan fingerprint density at radius 3 is 2.36 bits per heavy atom. The highest BCUT2D eigenvalue weighted by molar-refractivity contribution is 6.33. The highest BCUT2D eigenvalue weighted by atomic mass is 35.5. The summed E-state index contributed by atoms with van der Waals surface area (Å²) in [5.41, 5.74) is 10.0. The second kappa shape index (κ2) is 10.6. The number of fused-ring (bicyclic) bond motifs is 1. The molecule has 1 saturated heterocycles. The monoisotopic (exact) mass is 543 g/mol. The van der Waals surface area contributed by atoms with Crippen LogP contribution in [-0.4, -0.2) is 63.6 Å². The zero-order valence-corrected chi connectivity index (χ0v) is 22.7. The molecule has 2 N–H and O–H groups in total. The molecule has 200 valence electrons. The molecular weight excluding hydrogens is 513 g/mol. The van der Waals surface area contributed by atoms with Crippen molar-refractivity contribution in [3.8, 4) is 28.3 Å².